The molecule has 1 atom stereocenters. The van der Waals surface area contributed by atoms with E-state index < -0.39 is 11.6 Å². The van der Waals surface area contributed by atoms with Gasteiger partial charge in [0.1, 0.15) is 5.83 Å². The maximum absolute atomic E-state index is 15.0. The van der Waals surface area contributed by atoms with E-state index in [1.54, 1.807) is 18.2 Å². The van der Waals surface area contributed by atoms with Crippen LogP contribution in [0, 0.1) is 17.6 Å². The lowest BCUT2D eigenvalue weighted by molar-refractivity contribution is 0.0389. The molecule has 0 saturated heterocycles. The van der Waals surface area contributed by atoms with Crippen molar-refractivity contribution >= 4 is 0 Å². The number of allylic oxidation sites excluding steroid dienone is 2. The molecular formula is C29H33F3O. The van der Waals surface area contributed by atoms with Gasteiger partial charge in [0.05, 0.1) is 12.7 Å². The van der Waals surface area contributed by atoms with E-state index in [9.17, 15) is 8.78 Å². The predicted molar refractivity (Wildman–Crippen MR) is 128 cm³/mol. The Kier molecular flexibility index (Phi) is 7.75. The third-order valence-corrected chi connectivity index (χ3v) is 7.04. The predicted octanol–water partition coefficient (Wildman–Crippen LogP) is 8.45. The van der Waals surface area contributed by atoms with Gasteiger partial charge in [-0.2, -0.15) is 0 Å². The van der Waals surface area contributed by atoms with Crippen molar-refractivity contribution in [1.29, 1.82) is 0 Å². The summed E-state index contributed by atoms with van der Waals surface area (Å²) in [5.74, 6) is -1.63. The molecule has 1 nitrogen and oxygen atoms in total. The lowest BCUT2D eigenvalue weighted by Gasteiger charge is -2.29. The van der Waals surface area contributed by atoms with E-state index in [4.69, 9.17) is 4.74 Å². The zero-order valence-electron chi connectivity index (χ0n) is 19.5. The number of ether oxygens (including phenoxy) is 1. The molecule has 0 heterocycles. The van der Waals surface area contributed by atoms with Crippen LogP contribution in [-0.2, 0) is 11.2 Å². The standard InChI is InChI=1S/C29H33F3O/c1-3-4-20-7-9-22(10-8-20)25-15-16-26(29(32)28(25)31)23-11-13-24(14-12-23)33-18-21-6-5-19(2)27(30)17-21/h6-10,15-17,19,23-24H,3-5,11-14,18H2,1-2H3. The second kappa shape index (κ2) is 10.7. The molecule has 4 heteroatoms. The molecular weight excluding hydrogens is 421 g/mol. The van der Waals surface area contributed by atoms with Gasteiger partial charge >= 0.3 is 0 Å². The molecule has 1 fully saturated rings. The average molecular weight is 455 g/mol. The van der Waals surface area contributed by atoms with Crippen LogP contribution in [0.1, 0.15) is 69.4 Å². The smallest absolute Gasteiger partial charge is 0.166 e. The number of hydrogen-bond donors (Lipinski definition) is 0. The van der Waals surface area contributed by atoms with Crippen LogP contribution in [0.2, 0.25) is 0 Å². The summed E-state index contributed by atoms with van der Waals surface area (Å²) < 4.78 is 49.8. The Morgan fingerprint density at radius 3 is 2.30 bits per heavy atom. The fraction of sp³-hybridized carbons (Fsp3) is 0.448. The van der Waals surface area contributed by atoms with E-state index in [0.717, 1.165) is 44.1 Å². The van der Waals surface area contributed by atoms with Crippen molar-refractivity contribution in [2.24, 2.45) is 5.92 Å². The summed E-state index contributed by atoms with van der Waals surface area (Å²) in [7, 11) is 0. The molecule has 0 N–H and O–H groups in total. The lowest BCUT2D eigenvalue weighted by atomic mass is 9.82. The first-order valence-corrected chi connectivity index (χ1v) is 12.2. The number of benzene rings is 2. The van der Waals surface area contributed by atoms with Crippen LogP contribution in [0.15, 0.2) is 60.0 Å². The first-order chi connectivity index (χ1) is 16.0. The molecule has 0 bridgehead atoms. The van der Waals surface area contributed by atoms with E-state index in [0.29, 0.717) is 29.7 Å². The van der Waals surface area contributed by atoms with Gasteiger partial charge in [-0.1, -0.05) is 62.7 Å². The van der Waals surface area contributed by atoms with Gasteiger partial charge in [0, 0.05) is 11.5 Å². The van der Waals surface area contributed by atoms with Crippen molar-refractivity contribution in [3.05, 3.63) is 82.7 Å². The van der Waals surface area contributed by atoms with Crippen molar-refractivity contribution in [1.82, 2.24) is 0 Å². The van der Waals surface area contributed by atoms with Gasteiger partial charge in [0.2, 0.25) is 0 Å². The minimum Gasteiger partial charge on any atom is -0.374 e. The highest BCUT2D eigenvalue weighted by Gasteiger charge is 2.27. The van der Waals surface area contributed by atoms with Gasteiger partial charge in [-0.25, -0.2) is 13.2 Å². The molecule has 0 spiro atoms. The number of aryl methyl sites for hydroxylation is 1. The van der Waals surface area contributed by atoms with Crippen LogP contribution in [0.25, 0.3) is 11.1 Å². The SMILES string of the molecule is CCCc1ccc(-c2ccc(C3CCC(OCC4=CCC(C)C(F)=C4)CC3)c(F)c2F)cc1. The largest absolute Gasteiger partial charge is 0.374 e. The molecule has 0 aromatic heterocycles. The van der Waals surface area contributed by atoms with Crippen LogP contribution in [0.4, 0.5) is 13.2 Å². The Hall–Kier alpha value is -2.33. The summed E-state index contributed by atoms with van der Waals surface area (Å²) in [6.07, 6.45) is 9.53. The third-order valence-electron chi connectivity index (χ3n) is 7.04. The van der Waals surface area contributed by atoms with Gasteiger partial charge in [-0.3, -0.25) is 0 Å². The molecule has 2 aromatic carbocycles. The second-order valence-electron chi connectivity index (χ2n) is 9.51. The van der Waals surface area contributed by atoms with Crippen molar-refractivity contribution in [2.45, 2.75) is 70.8 Å². The summed E-state index contributed by atoms with van der Waals surface area (Å²) in [5, 5.41) is 0. The van der Waals surface area contributed by atoms with Crippen LogP contribution in [0.3, 0.4) is 0 Å². The van der Waals surface area contributed by atoms with Crippen LogP contribution >= 0.6 is 0 Å². The quantitative estimate of drug-likeness (QED) is 0.408. The summed E-state index contributed by atoms with van der Waals surface area (Å²) in [5.41, 5.74) is 3.57. The summed E-state index contributed by atoms with van der Waals surface area (Å²) in [6.45, 7) is 4.40. The zero-order chi connectivity index (χ0) is 23.4. The Morgan fingerprint density at radius 1 is 0.909 bits per heavy atom. The highest BCUT2D eigenvalue weighted by atomic mass is 19.2. The molecule has 2 aliphatic carbocycles. The number of halogens is 3. The average Bonchev–Trinajstić information content (AvgIpc) is 2.83. The summed E-state index contributed by atoms with van der Waals surface area (Å²) >= 11 is 0. The van der Waals surface area contributed by atoms with Crippen molar-refractivity contribution in [3.63, 3.8) is 0 Å². The first kappa shape index (κ1) is 23.8. The maximum Gasteiger partial charge on any atom is 0.166 e. The highest BCUT2D eigenvalue weighted by Crippen LogP contribution is 2.38. The molecule has 0 radical (unpaired) electrons. The Morgan fingerprint density at radius 2 is 1.64 bits per heavy atom. The topological polar surface area (TPSA) is 9.23 Å². The molecule has 1 saturated carbocycles. The lowest BCUT2D eigenvalue weighted by Crippen LogP contribution is -2.22. The van der Waals surface area contributed by atoms with Crippen LogP contribution < -0.4 is 0 Å². The second-order valence-corrected chi connectivity index (χ2v) is 9.51. The monoisotopic (exact) mass is 454 g/mol. The van der Waals surface area contributed by atoms with Gasteiger partial charge < -0.3 is 4.74 Å². The summed E-state index contributed by atoms with van der Waals surface area (Å²) in [6, 6.07) is 11.2. The van der Waals surface area contributed by atoms with Crippen molar-refractivity contribution in [3.8, 4) is 11.1 Å². The molecule has 0 aliphatic heterocycles. The minimum atomic E-state index is -0.763. The van der Waals surface area contributed by atoms with Crippen LogP contribution in [-0.4, -0.2) is 12.7 Å². The fourth-order valence-corrected chi connectivity index (χ4v) is 4.92. The Bertz CT molecular complexity index is 1010. The van der Waals surface area contributed by atoms with E-state index in [1.807, 2.05) is 37.3 Å². The molecule has 0 amide bonds. The zero-order valence-corrected chi connectivity index (χ0v) is 19.5. The molecule has 2 aliphatic rings. The van der Waals surface area contributed by atoms with Gasteiger partial charge in [-0.05, 0) is 72.8 Å². The van der Waals surface area contributed by atoms with Crippen molar-refractivity contribution < 1.29 is 17.9 Å². The van der Waals surface area contributed by atoms with E-state index >= 15 is 4.39 Å². The van der Waals surface area contributed by atoms with Gasteiger partial charge in [0.15, 0.2) is 11.6 Å². The van der Waals surface area contributed by atoms with Crippen LogP contribution in [0.5, 0.6) is 0 Å². The third kappa shape index (κ3) is 5.60. The normalized spacial score (nSPS) is 23.2. The first-order valence-electron chi connectivity index (χ1n) is 12.2. The van der Waals surface area contributed by atoms with Gasteiger partial charge in [0.25, 0.3) is 0 Å². The molecule has 33 heavy (non-hydrogen) atoms. The van der Waals surface area contributed by atoms with E-state index in [1.165, 1.54) is 5.56 Å². The van der Waals surface area contributed by atoms with E-state index in [-0.39, 0.29) is 23.8 Å². The molecule has 176 valence electrons. The molecule has 1 unspecified atom stereocenters. The number of hydrogen-bond acceptors (Lipinski definition) is 1. The van der Waals surface area contributed by atoms with Crippen molar-refractivity contribution in [2.75, 3.05) is 6.61 Å². The molecule has 4 rings (SSSR count). The summed E-state index contributed by atoms with van der Waals surface area (Å²) in [4.78, 5) is 0. The fourth-order valence-electron chi connectivity index (χ4n) is 4.92. The Balaban J connectivity index is 1.36. The Labute approximate surface area is 195 Å². The van der Waals surface area contributed by atoms with Gasteiger partial charge in [-0.15, -0.1) is 0 Å². The molecule has 2 aromatic rings. The minimum absolute atomic E-state index is 0.00702. The number of rotatable bonds is 7. The van der Waals surface area contributed by atoms with E-state index in [2.05, 4.69) is 6.92 Å². The highest BCUT2D eigenvalue weighted by molar-refractivity contribution is 5.65. The maximum atomic E-state index is 15.0.